The fourth-order valence-electron chi connectivity index (χ4n) is 2.78. The monoisotopic (exact) mass is 429 g/mol. The molecule has 1 unspecified atom stereocenters. The van der Waals surface area contributed by atoms with Gasteiger partial charge in [-0.2, -0.15) is 0 Å². The van der Waals surface area contributed by atoms with E-state index < -0.39 is 7.60 Å². The van der Waals surface area contributed by atoms with E-state index in [9.17, 15) is 19.3 Å². The molecule has 2 aromatic rings. The number of nitrogen functional groups attached to an aromatic ring is 1. The van der Waals surface area contributed by atoms with Crippen molar-refractivity contribution in [2.45, 2.75) is 38.8 Å². The van der Waals surface area contributed by atoms with Crippen LogP contribution in [0.5, 0.6) is 0 Å². The lowest BCUT2D eigenvalue weighted by atomic mass is 10.2. The molecular weight excluding hydrogens is 401 g/mol. The standard InChI is InChI=1S/C17H28N5O6P/c1-2-27-29(26,28-7-4-3-6-23)8-5-13(11-24)19-9-12-10-20-15-14(12)21-17(18)22-16(15)25/h6,10,13,19-20,24H,2-5,7-9,11H2,1H3,(H3,18,21,22,25)/t13-,29?/m0/s1. The number of carbonyl (C=O) groups is 1. The molecule has 0 radical (unpaired) electrons. The molecule has 29 heavy (non-hydrogen) atoms. The highest BCUT2D eigenvalue weighted by Crippen LogP contribution is 2.49. The Morgan fingerprint density at radius 3 is 2.93 bits per heavy atom. The number of rotatable bonds is 14. The molecule has 0 fully saturated rings. The summed E-state index contributed by atoms with van der Waals surface area (Å²) in [6, 6.07) is -0.369. The summed E-state index contributed by atoms with van der Waals surface area (Å²) in [7, 11) is -3.31. The van der Waals surface area contributed by atoms with E-state index in [0.29, 0.717) is 42.4 Å². The molecule has 0 aliphatic rings. The van der Waals surface area contributed by atoms with Crippen molar-refractivity contribution < 1.29 is 23.5 Å². The molecule has 2 atom stereocenters. The van der Waals surface area contributed by atoms with Crippen LogP contribution in [0.1, 0.15) is 31.7 Å². The molecule has 2 aromatic heterocycles. The SMILES string of the molecule is CCOP(=O)(CC[C@@H](CO)NCc1c[nH]c2c(=O)[nH]c(N)nc12)OCCCC=O. The number of H-pyrrole nitrogens is 2. The van der Waals surface area contributed by atoms with Gasteiger partial charge in [0.05, 0.1) is 26.0 Å². The van der Waals surface area contributed by atoms with E-state index in [2.05, 4.69) is 20.3 Å². The summed E-state index contributed by atoms with van der Waals surface area (Å²) in [5.41, 5.74) is 6.73. The minimum absolute atomic E-state index is 0.0199. The third-order valence-corrected chi connectivity index (χ3v) is 6.30. The summed E-state index contributed by atoms with van der Waals surface area (Å²) >= 11 is 0. The normalized spacial score (nSPS) is 14.7. The Kier molecular flexibility index (Phi) is 8.99. The molecule has 12 heteroatoms. The zero-order valence-corrected chi connectivity index (χ0v) is 17.2. The van der Waals surface area contributed by atoms with Crippen LogP contribution in [-0.4, -0.2) is 58.4 Å². The highest BCUT2D eigenvalue weighted by atomic mass is 31.2. The highest BCUT2D eigenvalue weighted by Gasteiger charge is 2.25. The van der Waals surface area contributed by atoms with Gasteiger partial charge in [-0.25, -0.2) is 4.98 Å². The number of aldehydes is 1. The van der Waals surface area contributed by atoms with Crippen molar-refractivity contribution in [3.05, 3.63) is 22.1 Å². The van der Waals surface area contributed by atoms with Gasteiger partial charge >= 0.3 is 7.60 Å². The molecule has 2 rings (SSSR count). The van der Waals surface area contributed by atoms with Gasteiger partial charge < -0.3 is 35.0 Å². The topological polar surface area (TPSA) is 172 Å². The Labute approximate surface area is 167 Å². The van der Waals surface area contributed by atoms with Crippen LogP contribution < -0.4 is 16.6 Å². The molecule has 2 heterocycles. The lowest BCUT2D eigenvalue weighted by Crippen LogP contribution is -2.33. The number of aromatic amines is 2. The maximum absolute atomic E-state index is 12.8. The first-order chi connectivity index (χ1) is 13.9. The van der Waals surface area contributed by atoms with Crippen LogP contribution in [0.25, 0.3) is 11.0 Å². The average molecular weight is 429 g/mol. The van der Waals surface area contributed by atoms with Gasteiger partial charge in [0, 0.05) is 30.8 Å². The van der Waals surface area contributed by atoms with Crippen molar-refractivity contribution in [2.75, 3.05) is 31.7 Å². The summed E-state index contributed by atoms with van der Waals surface area (Å²) in [6.07, 6.45) is 3.70. The zero-order chi connectivity index (χ0) is 21.3. The molecule has 0 saturated carbocycles. The number of aromatic nitrogens is 3. The molecule has 0 spiro atoms. The first kappa shape index (κ1) is 23.2. The second kappa shape index (κ2) is 11.2. The summed E-state index contributed by atoms with van der Waals surface area (Å²) in [5.74, 6) is 0.0199. The number of fused-ring (bicyclic) bond motifs is 1. The van der Waals surface area contributed by atoms with Crippen molar-refractivity contribution in [1.82, 2.24) is 20.3 Å². The fraction of sp³-hybridized carbons (Fsp3) is 0.588. The Balaban J connectivity index is 1.95. The van der Waals surface area contributed by atoms with Gasteiger partial charge in [-0.15, -0.1) is 0 Å². The second-order valence-electron chi connectivity index (χ2n) is 6.43. The van der Waals surface area contributed by atoms with E-state index in [0.717, 1.165) is 6.29 Å². The van der Waals surface area contributed by atoms with Gasteiger partial charge in [0.2, 0.25) is 5.95 Å². The van der Waals surface area contributed by atoms with Crippen LogP contribution in [0, 0.1) is 0 Å². The maximum atomic E-state index is 12.8. The Morgan fingerprint density at radius 2 is 2.24 bits per heavy atom. The zero-order valence-electron chi connectivity index (χ0n) is 16.3. The van der Waals surface area contributed by atoms with Crippen molar-refractivity contribution in [3.8, 4) is 0 Å². The lowest BCUT2D eigenvalue weighted by Gasteiger charge is -2.21. The van der Waals surface area contributed by atoms with E-state index >= 15 is 0 Å². The molecule has 6 N–H and O–H groups in total. The van der Waals surface area contributed by atoms with Gasteiger partial charge in [-0.1, -0.05) is 0 Å². The predicted molar refractivity (Wildman–Crippen MR) is 109 cm³/mol. The number of hydrogen-bond donors (Lipinski definition) is 5. The van der Waals surface area contributed by atoms with Crippen molar-refractivity contribution in [3.63, 3.8) is 0 Å². The van der Waals surface area contributed by atoms with Crippen LogP contribution in [0.15, 0.2) is 11.0 Å². The molecule has 0 aliphatic heterocycles. The highest BCUT2D eigenvalue weighted by molar-refractivity contribution is 7.53. The molecule has 0 amide bonds. The fourth-order valence-corrected chi connectivity index (χ4v) is 4.54. The quantitative estimate of drug-likeness (QED) is 0.166. The third kappa shape index (κ3) is 6.76. The van der Waals surface area contributed by atoms with Gasteiger partial charge in [0.15, 0.2) is 0 Å². The maximum Gasteiger partial charge on any atom is 0.330 e. The van der Waals surface area contributed by atoms with Crippen LogP contribution in [0.4, 0.5) is 5.95 Å². The Morgan fingerprint density at radius 1 is 1.45 bits per heavy atom. The van der Waals surface area contributed by atoms with Gasteiger partial charge in [0.25, 0.3) is 5.56 Å². The van der Waals surface area contributed by atoms with E-state index in [4.69, 9.17) is 14.8 Å². The molecule has 0 aromatic carbocycles. The Bertz CT molecular complexity index is 898. The summed E-state index contributed by atoms with van der Waals surface area (Å²) in [4.78, 5) is 31.6. The largest absolute Gasteiger partial charge is 0.395 e. The molecule has 11 nitrogen and oxygen atoms in total. The molecular formula is C17H28N5O6P. The first-order valence-corrected chi connectivity index (χ1v) is 11.2. The molecule has 0 aliphatic carbocycles. The third-order valence-electron chi connectivity index (χ3n) is 4.27. The average Bonchev–Trinajstić information content (AvgIpc) is 3.09. The van der Waals surface area contributed by atoms with E-state index in [-0.39, 0.29) is 43.5 Å². The van der Waals surface area contributed by atoms with E-state index in [1.54, 1.807) is 13.1 Å². The second-order valence-corrected chi connectivity index (χ2v) is 8.62. The van der Waals surface area contributed by atoms with Crippen LogP contribution in [0.3, 0.4) is 0 Å². The minimum Gasteiger partial charge on any atom is -0.395 e. The number of nitrogens with zero attached hydrogens (tertiary/aromatic N) is 1. The molecule has 0 saturated heterocycles. The van der Waals surface area contributed by atoms with E-state index in [1.165, 1.54) is 0 Å². The molecule has 0 bridgehead atoms. The number of aliphatic hydroxyl groups is 1. The summed E-state index contributed by atoms with van der Waals surface area (Å²) in [6.45, 7) is 2.26. The number of aliphatic hydroxyl groups excluding tert-OH is 1. The van der Waals surface area contributed by atoms with Gasteiger partial charge in [-0.05, 0) is 19.8 Å². The first-order valence-electron chi connectivity index (χ1n) is 9.44. The summed E-state index contributed by atoms with van der Waals surface area (Å²) in [5, 5.41) is 12.8. The number of anilines is 1. The van der Waals surface area contributed by atoms with Crippen molar-refractivity contribution >= 4 is 30.9 Å². The summed E-state index contributed by atoms with van der Waals surface area (Å²) < 4.78 is 23.5. The number of nitrogens with two attached hydrogens (primary N) is 1. The minimum atomic E-state index is -3.31. The number of hydrogen-bond acceptors (Lipinski definition) is 9. The van der Waals surface area contributed by atoms with Crippen molar-refractivity contribution in [1.29, 1.82) is 0 Å². The predicted octanol–water partition coefficient (Wildman–Crippen LogP) is 0.899. The smallest absolute Gasteiger partial charge is 0.330 e. The van der Waals surface area contributed by atoms with Crippen LogP contribution in [0.2, 0.25) is 0 Å². The van der Waals surface area contributed by atoms with Crippen LogP contribution >= 0.6 is 7.60 Å². The van der Waals surface area contributed by atoms with E-state index in [1.807, 2.05) is 0 Å². The number of unbranched alkanes of at least 4 members (excludes halogenated alkanes) is 1. The molecule has 162 valence electrons. The lowest BCUT2D eigenvalue weighted by molar-refractivity contribution is -0.108. The number of carbonyl (C=O) groups excluding carboxylic acids is 1. The van der Waals surface area contributed by atoms with Gasteiger partial charge in [-0.3, -0.25) is 14.3 Å². The van der Waals surface area contributed by atoms with Crippen LogP contribution in [-0.2, 0) is 25.0 Å². The Hall–Kier alpha value is -2.04. The van der Waals surface area contributed by atoms with Gasteiger partial charge in [0.1, 0.15) is 17.3 Å². The van der Waals surface area contributed by atoms with Crippen molar-refractivity contribution in [2.24, 2.45) is 0 Å². The number of nitrogens with one attached hydrogen (secondary N) is 3.